The SMILES string of the molecule is COCOc1cc(-c2cc[nH]c(=O)c2)ccc1-c1ccc(N(C)[C@@H]2C[C@H]3CC(F)(F)[C@@H](C2)N3C(=O)OC(C)(C)C)nn1. The molecule has 2 saturated heterocycles. The van der Waals surface area contributed by atoms with Gasteiger partial charge >= 0.3 is 6.09 Å². The van der Waals surface area contributed by atoms with Crippen LogP contribution in [0, 0.1) is 0 Å². The molecular weight excluding hydrogens is 548 g/mol. The number of alkyl halides is 2. The lowest BCUT2D eigenvalue weighted by Crippen LogP contribution is -2.55. The van der Waals surface area contributed by atoms with E-state index < -0.39 is 29.7 Å². The lowest BCUT2D eigenvalue weighted by Gasteiger charge is -2.42. The van der Waals surface area contributed by atoms with Crippen LogP contribution >= 0.6 is 0 Å². The summed E-state index contributed by atoms with van der Waals surface area (Å²) >= 11 is 0. The highest BCUT2D eigenvalue weighted by atomic mass is 19.3. The van der Waals surface area contributed by atoms with E-state index in [2.05, 4.69) is 15.2 Å². The van der Waals surface area contributed by atoms with E-state index >= 15 is 0 Å². The van der Waals surface area contributed by atoms with Crippen molar-refractivity contribution in [1.82, 2.24) is 20.1 Å². The molecule has 12 heteroatoms. The van der Waals surface area contributed by atoms with E-state index in [1.54, 1.807) is 58.3 Å². The molecular formula is C30H35F2N5O5. The third kappa shape index (κ3) is 6.08. The Bertz CT molecular complexity index is 1490. The predicted octanol–water partition coefficient (Wildman–Crippen LogP) is 5.09. The van der Waals surface area contributed by atoms with Gasteiger partial charge in [0.05, 0.1) is 5.69 Å². The number of aromatic nitrogens is 3. The molecule has 4 heterocycles. The summed E-state index contributed by atoms with van der Waals surface area (Å²) in [6, 6.07) is 10.2. The quantitative estimate of drug-likeness (QED) is 0.383. The second-order valence-electron chi connectivity index (χ2n) is 11.7. The lowest BCUT2D eigenvalue weighted by atomic mass is 9.96. The third-order valence-electron chi connectivity index (χ3n) is 7.63. The highest BCUT2D eigenvalue weighted by Crippen LogP contribution is 2.47. The number of benzene rings is 1. The first-order valence-electron chi connectivity index (χ1n) is 13.8. The van der Waals surface area contributed by atoms with E-state index in [0.717, 1.165) is 11.1 Å². The molecule has 5 rings (SSSR count). The number of piperidine rings is 1. The zero-order chi connectivity index (χ0) is 30.2. The Labute approximate surface area is 242 Å². The van der Waals surface area contributed by atoms with Crippen LogP contribution in [0.3, 0.4) is 0 Å². The average Bonchev–Trinajstić information content (AvgIpc) is 3.10. The molecule has 0 radical (unpaired) electrons. The maximum atomic E-state index is 15.0. The van der Waals surface area contributed by atoms with E-state index in [1.165, 1.54) is 18.1 Å². The third-order valence-corrected chi connectivity index (χ3v) is 7.63. The number of anilines is 1. The Balaban J connectivity index is 1.35. The minimum atomic E-state index is -3.00. The van der Waals surface area contributed by atoms with Crippen LogP contribution in [0.15, 0.2) is 53.5 Å². The number of fused-ring (bicyclic) bond motifs is 2. The molecule has 0 unspecified atom stereocenters. The molecule has 0 saturated carbocycles. The Morgan fingerprint density at radius 2 is 1.88 bits per heavy atom. The van der Waals surface area contributed by atoms with Gasteiger partial charge in [-0.15, -0.1) is 10.2 Å². The summed E-state index contributed by atoms with van der Waals surface area (Å²) in [4.78, 5) is 30.3. The number of nitrogens with one attached hydrogen (secondary N) is 1. The van der Waals surface area contributed by atoms with Gasteiger partial charge in [-0.05, 0) is 75.1 Å². The minimum absolute atomic E-state index is 0.00897. The lowest BCUT2D eigenvalue weighted by molar-refractivity contribution is -0.0492. The summed E-state index contributed by atoms with van der Waals surface area (Å²) in [6.45, 7) is 5.18. The summed E-state index contributed by atoms with van der Waals surface area (Å²) in [5, 5.41) is 8.82. The van der Waals surface area contributed by atoms with Gasteiger partial charge in [0.2, 0.25) is 5.56 Å². The molecule has 10 nitrogen and oxygen atoms in total. The first kappa shape index (κ1) is 29.4. The van der Waals surface area contributed by atoms with Crippen LogP contribution in [0.2, 0.25) is 0 Å². The van der Waals surface area contributed by atoms with Crippen LogP contribution in [0.5, 0.6) is 5.75 Å². The number of halogens is 2. The van der Waals surface area contributed by atoms with E-state index in [1.807, 2.05) is 17.0 Å². The van der Waals surface area contributed by atoms with Gasteiger partial charge in [-0.2, -0.15) is 0 Å². The van der Waals surface area contributed by atoms with Gasteiger partial charge in [0, 0.05) is 50.5 Å². The van der Waals surface area contributed by atoms with E-state index in [9.17, 15) is 18.4 Å². The zero-order valence-electron chi connectivity index (χ0n) is 24.3. The van der Waals surface area contributed by atoms with Gasteiger partial charge < -0.3 is 24.1 Å². The topological polar surface area (TPSA) is 110 Å². The molecule has 42 heavy (non-hydrogen) atoms. The van der Waals surface area contributed by atoms with Crippen molar-refractivity contribution < 1.29 is 27.8 Å². The molecule has 0 aliphatic carbocycles. The second-order valence-corrected chi connectivity index (χ2v) is 11.7. The predicted molar refractivity (Wildman–Crippen MR) is 153 cm³/mol. The van der Waals surface area contributed by atoms with Gasteiger partial charge in [0.15, 0.2) is 12.6 Å². The zero-order valence-corrected chi connectivity index (χ0v) is 24.3. The van der Waals surface area contributed by atoms with Gasteiger partial charge in [-0.1, -0.05) is 6.07 Å². The monoisotopic (exact) mass is 583 g/mol. The normalized spacial score (nSPS) is 21.2. The van der Waals surface area contributed by atoms with E-state index in [4.69, 9.17) is 14.2 Å². The first-order valence-corrected chi connectivity index (χ1v) is 13.8. The highest BCUT2D eigenvalue weighted by Gasteiger charge is 2.60. The summed E-state index contributed by atoms with van der Waals surface area (Å²) in [5.41, 5.74) is 1.74. The van der Waals surface area contributed by atoms with E-state index in [0.29, 0.717) is 29.2 Å². The Morgan fingerprint density at radius 1 is 1.12 bits per heavy atom. The number of carbonyl (C=O) groups is 1. The van der Waals surface area contributed by atoms with Crippen molar-refractivity contribution in [3.8, 4) is 28.1 Å². The Kier molecular flexibility index (Phi) is 7.93. The summed E-state index contributed by atoms with van der Waals surface area (Å²) in [6.07, 6.45) is 0.946. The molecule has 3 aromatic rings. The van der Waals surface area contributed by atoms with Crippen LogP contribution in [0.25, 0.3) is 22.4 Å². The average molecular weight is 584 g/mol. The number of carbonyl (C=O) groups excluding carboxylic acids is 1. The van der Waals surface area contributed by atoms with Crippen molar-refractivity contribution in [2.75, 3.05) is 25.9 Å². The largest absolute Gasteiger partial charge is 0.467 e. The van der Waals surface area contributed by atoms with Gasteiger partial charge in [0.25, 0.3) is 5.92 Å². The highest BCUT2D eigenvalue weighted by molar-refractivity contribution is 5.74. The fraction of sp³-hybridized carbons (Fsp3) is 0.467. The first-order chi connectivity index (χ1) is 19.9. The molecule has 2 aliphatic heterocycles. The minimum Gasteiger partial charge on any atom is -0.467 e. The number of hydrogen-bond donors (Lipinski definition) is 1. The number of rotatable bonds is 7. The van der Waals surface area contributed by atoms with E-state index in [-0.39, 0.29) is 31.2 Å². The number of amides is 1. The molecule has 224 valence electrons. The Morgan fingerprint density at radius 3 is 2.52 bits per heavy atom. The fourth-order valence-electron chi connectivity index (χ4n) is 5.69. The van der Waals surface area contributed by atoms with Crippen LogP contribution in [0.4, 0.5) is 19.4 Å². The van der Waals surface area contributed by atoms with Crippen molar-refractivity contribution >= 4 is 11.9 Å². The second kappa shape index (κ2) is 11.3. The van der Waals surface area contributed by atoms with Crippen molar-refractivity contribution in [2.45, 2.75) is 69.7 Å². The van der Waals surface area contributed by atoms with Crippen LogP contribution in [0.1, 0.15) is 40.0 Å². The maximum absolute atomic E-state index is 15.0. The summed E-state index contributed by atoms with van der Waals surface area (Å²) in [5.74, 6) is -1.97. The molecule has 1 amide bonds. The summed E-state index contributed by atoms with van der Waals surface area (Å²) in [7, 11) is 3.32. The molecule has 3 atom stereocenters. The Hall–Kier alpha value is -4.06. The fourth-order valence-corrected chi connectivity index (χ4v) is 5.69. The number of nitrogens with zero attached hydrogens (tertiary/aromatic N) is 4. The van der Waals surface area contributed by atoms with Gasteiger partial charge in [-0.3, -0.25) is 9.69 Å². The van der Waals surface area contributed by atoms with Crippen molar-refractivity contribution in [2.24, 2.45) is 0 Å². The standard InChI is InChI=1S/C30H35F2N5O5/c1-29(2,3)42-28(39)37-21-14-20(15-25(37)30(31,32)16-21)36(4)26-9-8-23(34-35-26)22-7-6-18(12-24(22)41-17-40-5)19-10-11-33-27(38)13-19/h6-13,20-21,25H,14-17H2,1-5H3,(H,33,38)/t20-,21+,25-/m1/s1. The molecule has 2 aliphatic rings. The summed E-state index contributed by atoms with van der Waals surface area (Å²) < 4.78 is 46.3. The molecule has 0 spiro atoms. The van der Waals surface area contributed by atoms with Crippen molar-refractivity contribution in [3.05, 3.63) is 59.0 Å². The number of pyridine rings is 1. The number of aromatic amines is 1. The maximum Gasteiger partial charge on any atom is 0.411 e. The number of H-pyrrole nitrogens is 1. The van der Waals surface area contributed by atoms with Crippen LogP contribution in [-0.2, 0) is 9.47 Å². The number of ether oxygens (including phenoxy) is 3. The molecule has 1 N–H and O–H groups in total. The molecule has 1 aromatic carbocycles. The smallest absolute Gasteiger partial charge is 0.411 e. The molecule has 2 aromatic heterocycles. The van der Waals surface area contributed by atoms with Crippen molar-refractivity contribution in [3.63, 3.8) is 0 Å². The van der Waals surface area contributed by atoms with Gasteiger partial charge in [0.1, 0.15) is 17.4 Å². The van der Waals surface area contributed by atoms with Crippen molar-refractivity contribution in [1.29, 1.82) is 0 Å². The van der Waals surface area contributed by atoms with Gasteiger partial charge in [-0.25, -0.2) is 13.6 Å². The number of hydrogen-bond acceptors (Lipinski definition) is 8. The van der Waals surface area contributed by atoms with Crippen LogP contribution < -0.4 is 15.2 Å². The number of methoxy groups -OCH3 is 1. The van der Waals surface area contributed by atoms with Crippen LogP contribution in [-0.4, -0.2) is 76.8 Å². The molecule has 2 bridgehead atoms. The molecule has 2 fully saturated rings.